The molecule has 5 nitrogen and oxygen atoms in total. The number of carbonyl (C=O) groups excluding carboxylic acids is 1. The number of phenols is 1. The molecule has 2 unspecified atom stereocenters. The van der Waals surface area contributed by atoms with Gasteiger partial charge in [0.2, 0.25) is 5.91 Å². The Morgan fingerprint density at radius 1 is 1.10 bits per heavy atom. The first-order valence-corrected chi connectivity index (χ1v) is 6.89. The molecular weight excluding hydrogens is 270 g/mol. The van der Waals surface area contributed by atoms with E-state index in [9.17, 15) is 19.8 Å². The molecule has 1 aromatic rings. The SMILES string of the molecule is Cc1cc(NC(=O)C2CC=CCC2C(=O)O)c(C)cc1O. The van der Waals surface area contributed by atoms with Crippen LogP contribution in [0, 0.1) is 25.7 Å². The summed E-state index contributed by atoms with van der Waals surface area (Å²) in [4.78, 5) is 23.6. The highest BCUT2D eigenvalue weighted by molar-refractivity contribution is 5.96. The van der Waals surface area contributed by atoms with Crippen LogP contribution in [0.4, 0.5) is 5.69 Å². The molecule has 1 aromatic carbocycles. The zero-order valence-electron chi connectivity index (χ0n) is 12.1. The Hall–Kier alpha value is -2.30. The molecule has 112 valence electrons. The van der Waals surface area contributed by atoms with E-state index in [1.165, 1.54) is 0 Å². The van der Waals surface area contributed by atoms with E-state index < -0.39 is 17.8 Å². The summed E-state index contributed by atoms with van der Waals surface area (Å²) in [6, 6.07) is 3.28. The number of hydrogen-bond donors (Lipinski definition) is 3. The highest BCUT2D eigenvalue weighted by atomic mass is 16.4. The van der Waals surface area contributed by atoms with Gasteiger partial charge in [-0.05, 0) is 49.9 Å². The van der Waals surface area contributed by atoms with Gasteiger partial charge in [-0.15, -0.1) is 0 Å². The van der Waals surface area contributed by atoms with Gasteiger partial charge < -0.3 is 15.5 Å². The van der Waals surface area contributed by atoms with Gasteiger partial charge in [0.25, 0.3) is 0 Å². The van der Waals surface area contributed by atoms with Crippen molar-refractivity contribution >= 4 is 17.6 Å². The van der Waals surface area contributed by atoms with Gasteiger partial charge in [-0.2, -0.15) is 0 Å². The third-order valence-electron chi connectivity index (χ3n) is 3.89. The van der Waals surface area contributed by atoms with Crippen molar-refractivity contribution in [2.75, 3.05) is 5.32 Å². The Morgan fingerprint density at radius 2 is 1.71 bits per heavy atom. The van der Waals surface area contributed by atoms with Crippen molar-refractivity contribution in [2.24, 2.45) is 11.8 Å². The van der Waals surface area contributed by atoms with Crippen LogP contribution in [0.2, 0.25) is 0 Å². The molecule has 0 heterocycles. The van der Waals surface area contributed by atoms with Crippen LogP contribution in [-0.4, -0.2) is 22.1 Å². The summed E-state index contributed by atoms with van der Waals surface area (Å²) in [7, 11) is 0. The van der Waals surface area contributed by atoms with E-state index in [-0.39, 0.29) is 11.7 Å². The maximum absolute atomic E-state index is 12.4. The van der Waals surface area contributed by atoms with Gasteiger partial charge in [-0.1, -0.05) is 12.2 Å². The van der Waals surface area contributed by atoms with E-state index in [1.54, 1.807) is 32.1 Å². The Balaban J connectivity index is 2.19. The summed E-state index contributed by atoms with van der Waals surface area (Å²) in [5.74, 6) is -2.32. The van der Waals surface area contributed by atoms with Crippen LogP contribution >= 0.6 is 0 Å². The summed E-state index contributed by atoms with van der Waals surface area (Å²) >= 11 is 0. The molecule has 0 aliphatic heterocycles. The zero-order chi connectivity index (χ0) is 15.6. The van der Waals surface area contributed by atoms with Crippen molar-refractivity contribution in [3.63, 3.8) is 0 Å². The second-order valence-electron chi connectivity index (χ2n) is 5.44. The summed E-state index contributed by atoms with van der Waals surface area (Å²) in [6.07, 6.45) is 4.46. The molecule has 1 amide bonds. The van der Waals surface area contributed by atoms with Crippen LogP contribution in [0.15, 0.2) is 24.3 Å². The first-order valence-electron chi connectivity index (χ1n) is 6.89. The lowest BCUT2D eigenvalue weighted by Gasteiger charge is -2.24. The molecule has 0 aromatic heterocycles. The number of hydrogen-bond acceptors (Lipinski definition) is 3. The summed E-state index contributed by atoms with van der Waals surface area (Å²) in [5, 5.41) is 21.6. The number of rotatable bonds is 3. The van der Waals surface area contributed by atoms with E-state index in [1.807, 2.05) is 6.08 Å². The molecular formula is C16H19NO4. The molecule has 2 rings (SSSR count). The number of carboxylic acids is 1. The Kier molecular flexibility index (Phi) is 4.31. The van der Waals surface area contributed by atoms with Gasteiger partial charge in [0.15, 0.2) is 0 Å². The van der Waals surface area contributed by atoms with Crippen molar-refractivity contribution < 1.29 is 19.8 Å². The molecule has 0 spiro atoms. The van der Waals surface area contributed by atoms with Gasteiger partial charge in [0.05, 0.1) is 11.8 Å². The first kappa shape index (κ1) is 15.1. The molecule has 5 heteroatoms. The van der Waals surface area contributed by atoms with Gasteiger partial charge in [-0.25, -0.2) is 0 Å². The third kappa shape index (κ3) is 3.24. The van der Waals surface area contributed by atoms with E-state index >= 15 is 0 Å². The molecule has 3 N–H and O–H groups in total. The number of aliphatic carboxylic acids is 1. The van der Waals surface area contributed by atoms with Crippen LogP contribution in [-0.2, 0) is 9.59 Å². The quantitative estimate of drug-likeness (QED) is 0.589. The van der Waals surface area contributed by atoms with Crippen LogP contribution in [0.25, 0.3) is 0 Å². The van der Waals surface area contributed by atoms with Crippen molar-refractivity contribution in [1.82, 2.24) is 0 Å². The molecule has 0 fully saturated rings. The van der Waals surface area contributed by atoms with Crippen molar-refractivity contribution in [2.45, 2.75) is 26.7 Å². The molecule has 0 bridgehead atoms. The normalized spacial score (nSPS) is 21.0. The van der Waals surface area contributed by atoms with Gasteiger partial charge in [0, 0.05) is 5.69 Å². The minimum Gasteiger partial charge on any atom is -0.508 e. The molecule has 21 heavy (non-hydrogen) atoms. The Bertz CT molecular complexity index is 607. The molecule has 0 radical (unpaired) electrons. The highest BCUT2D eigenvalue weighted by Crippen LogP contribution is 2.29. The number of phenolic OH excluding ortho intramolecular Hbond substituents is 1. The lowest BCUT2D eigenvalue weighted by molar-refractivity contribution is -0.146. The number of allylic oxidation sites excluding steroid dienone is 2. The maximum atomic E-state index is 12.4. The summed E-state index contributed by atoms with van der Waals surface area (Å²) in [5.41, 5.74) is 2.01. The average Bonchev–Trinajstić information content (AvgIpc) is 2.44. The molecule has 1 aliphatic carbocycles. The standard InChI is InChI=1S/C16H19NO4/c1-9-8-14(18)10(2)7-13(9)17-15(19)11-5-3-4-6-12(11)16(20)21/h3-4,7-8,11-12,18H,5-6H2,1-2H3,(H,17,19)(H,20,21). The van der Waals surface area contributed by atoms with Crippen LogP contribution in [0.3, 0.4) is 0 Å². The average molecular weight is 289 g/mol. The number of amides is 1. The lowest BCUT2D eigenvalue weighted by Crippen LogP contribution is -2.34. The lowest BCUT2D eigenvalue weighted by atomic mass is 9.82. The third-order valence-corrected chi connectivity index (χ3v) is 3.89. The minimum absolute atomic E-state index is 0.175. The summed E-state index contributed by atoms with van der Waals surface area (Å²) in [6.45, 7) is 3.53. The number of benzene rings is 1. The molecule has 2 atom stereocenters. The van der Waals surface area contributed by atoms with Crippen molar-refractivity contribution in [1.29, 1.82) is 0 Å². The number of carboxylic acid groups (broad SMARTS) is 1. The van der Waals surface area contributed by atoms with Crippen LogP contribution in [0.1, 0.15) is 24.0 Å². The highest BCUT2D eigenvalue weighted by Gasteiger charge is 2.34. The minimum atomic E-state index is -0.946. The topological polar surface area (TPSA) is 86.6 Å². The number of nitrogens with one attached hydrogen (secondary N) is 1. The number of aromatic hydroxyl groups is 1. The number of aryl methyl sites for hydroxylation is 2. The fourth-order valence-electron chi connectivity index (χ4n) is 2.54. The van der Waals surface area contributed by atoms with Gasteiger partial charge >= 0.3 is 5.97 Å². The fraction of sp³-hybridized carbons (Fsp3) is 0.375. The smallest absolute Gasteiger partial charge is 0.307 e. The first-order chi connectivity index (χ1) is 9.90. The van der Waals surface area contributed by atoms with E-state index in [0.29, 0.717) is 24.1 Å². The monoisotopic (exact) mass is 289 g/mol. The molecule has 0 saturated heterocycles. The van der Waals surface area contributed by atoms with Crippen molar-refractivity contribution in [3.8, 4) is 5.75 Å². The Morgan fingerprint density at radius 3 is 2.33 bits per heavy atom. The molecule has 1 aliphatic rings. The van der Waals surface area contributed by atoms with Gasteiger partial charge in [-0.3, -0.25) is 9.59 Å². The predicted octanol–water partition coefficient (Wildman–Crippen LogP) is 2.61. The second kappa shape index (κ2) is 5.99. The fourth-order valence-corrected chi connectivity index (χ4v) is 2.54. The Labute approximate surface area is 123 Å². The number of carbonyl (C=O) groups is 2. The van der Waals surface area contributed by atoms with Crippen molar-refractivity contribution in [3.05, 3.63) is 35.4 Å². The maximum Gasteiger partial charge on any atom is 0.307 e. The second-order valence-corrected chi connectivity index (χ2v) is 5.44. The van der Waals surface area contributed by atoms with E-state index in [4.69, 9.17) is 0 Å². The predicted molar refractivity (Wildman–Crippen MR) is 79.2 cm³/mol. The van der Waals surface area contributed by atoms with E-state index in [0.717, 1.165) is 5.56 Å². The van der Waals surface area contributed by atoms with Crippen LogP contribution < -0.4 is 5.32 Å². The number of anilines is 1. The molecule has 0 saturated carbocycles. The van der Waals surface area contributed by atoms with E-state index in [2.05, 4.69) is 5.32 Å². The summed E-state index contributed by atoms with van der Waals surface area (Å²) < 4.78 is 0. The van der Waals surface area contributed by atoms with Gasteiger partial charge in [0.1, 0.15) is 5.75 Å². The van der Waals surface area contributed by atoms with Crippen LogP contribution in [0.5, 0.6) is 5.75 Å². The largest absolute Gasteiger partial charge is 0.508 e. The zero-order valence-corrected chi connectivity index (χ0v) is 12.1.